The van der Waals surface area contributed by atoms with E-state index in [0.717, 1.165) is 5.56 Å². The summed E-state index contributed by atoms with van der Waals surface area (Å²) in [5.74, 6) is 0.0897. The maximum Gasteiger partial charge on any atom is 0.311 e. The Morgan fingerprint density at radius 3 is 2.68 bits per heavy atom. The Kier molecular flexibility index (Phi) is 3.89. The van der Waals surface area contributed by atoms with Crippen molar-refractivity contribution in [1.82, 2.24) is 0 Å². The van der Waals surface area contributed by atoms with Gasteiger partial charge in [-0.25, -0.2) is 0 Å². The van der Waals surface area contributed by atoms with Crippen molar-refractivity contribution in [3.63, 3.8) is 0 Å². The minimum atomic E-state index is -0.926. The van der Waals surface area contributed by atoms with Gasteiger partial charge in [-0.3, -0.25) is 9.59 Å². The number of hydrogen-bond acceptors (Lipinski definition) is 5. The Morgan fingerprint density at radius 2 is 2.00 bits per heavy atom. The van der Waals surface area contributed by atoms with Gasteiger partial charge in [0.05, 0.1) is 6.42 Å². The molecule has 1 amide bonds. The van der Waals surface area contributed by atoms with Gasteiger partial charge in [0, 0.05) is 0 Å². The van der Waals surface area contributed by atoms with Gasteiger partial charge in [0.25, 0.3) is 5.91 Å². The van der Waals surface area contributed by atoms with E-state index in [1.54, 1.807) is 18.2 Å². The van der Waals surface area contributed by atoms with Crippen molar-refractivity contribution in [2.45, 2.75) is 19.4 Å². The fourth-order valence-corrected chi connectivity index (χ4v) is 1.66. The van der Waals surface area contributed by atoms with E-state index < -0.39 is 18.0 Å². The number of amides is 1. The normalized spacial score (nSPS) is 14.6. The maximum absolute atomic E-state index is 11.6. The molecule has 1 aromatic carbocycles. The third kappa shape index (κ3) is 3.37. The molecule has 1 atom stereocenters. The third-order valence-electron chi connectivity index (χ3n) is 2.66. The Hall–Kier alpha value is -2.24. The standard InChI is InChI=1S/C13H15NO5/c1-8(13(14)16)19-12(15)7-9-2-3-10-11(6-9)18-5-4-17-10/h2-3,6,8H,4-5,7H2,1H3,(H2,14,16). The quantitative estimate of drug-likeness (QED) is 0.797. The van der Waals surface area contributed by atoms with Gasteiger partial charge in [-0.05, 0) is 24.6 Å². The molecule has 0 saturated heterocycles. The zero-order valence-corrected chi connectivity index (χ0v) is 10.5. The molecule has 1 heterocycles. The van der Waals surface area contributed by atoms with Crippen LogP contribution in [0.4, 0.5) is 0 Å². The topological polar surface area (TPSA) is 87.8 Å². The highest BCUT2D eigenvalue weighted by Crippen LogP contribution is 2.30. The highest BCUT2D eigenvalue weighted by atomic mass is 16.6. The number of fused-ring (bicyclic) bond motifs is 1. The number of rotatable bonds is 4. The molecule has 6 heteroatoms. The number of carbonyl (C=O) groups is 2. The Balaban J connectivity index is 1.99. The molecule has 0 saturated carbocycles. The van der Waals surface area contributed by atoms with Crippen molar-refractivity contribution in [3.8, 4) is 11.5 Å². The summed E-state index contributed by atoms with van der Waals surface area (Å²) in [4.78, 5) is 22.4. The van der Waals surface area contributed by atoms with Crippen molar-refractivity contribution in [3.05, 3.63) is 23.8 Å². The van der Waals surface area contributed by atoms with Crippen molar-refractivity contribution in [2.24, 2.45) is 5.73 Å². The average Bonchev–Trinajstić information content (AvgIpc) is 2.38. The van der Waals surface area contributed by atoms with E-state index in [1.807, 2.05) is 0 Å². The predicted molar refractivity (Wildman–Crippen MR) is 65.9 cm³/mol. The number of esters is 1. The van der Waals surface area contributed by atoms with E-state index in [4.69, 9.17) is 19.9 Å². The Bertz CT molecular complexity index is 500. The zero-order valence-electron chi connectivity index (χ0n) is 10.5. The minimum absolute atomic E-state index is 0.0499. The van der Waals surface area contributed by atoms with Gasteiger partial charge in [-0.15, -0.1) is 0 Å². The number of hydrogen-bond donors (Lipinski definition) is 1. The van der Waals surface area contributed by atoms with Crippen LogP contribution in [-0.2, 0) is 20.7 Å². The van der Waals surface area contributed by atoms with Crippen LogP contribution in [0.1, 0.15) is 12.5 Å². The molecule has 1 aliphatic rings. The van der Waals surface area contributed by atoms with Gasteiger partial charge in [-0.2, -0.15) is 0 Å². The van der Waals surface area contributed by atoms with Crippen LogP contribution in [0, 0.1) is 0 Å². The Morgan fingerprint density at radius 1 is 1.32 bits per heavy atom. The van der Waals surface area contributed by atoms with Gasteiger partial charge in [0.2, 0.25) is 0 Å². The first kappa shape index (κ1) is 13.2. The lowest BCUT2D eigenvalue weighted by molar-refractivity contribution is -0.153. The summed E-state index contributed by atoms with van der Waals surface area (Å²) >= 11 is 0. The van der Waals surface area contributed by atoms with Crippen LogP contribution in [0.25, 0.3) is 0 Å². The van der Waals surface area contributed by atoms with Crippen molar-refractivity contribution in [1.29, 1.82) is 0 Å². The lowest BCUT2D eigenvalue weighted by Crippen LogP contribution is -2.30. The summed E-state index contributed by atoms with van der Waals surface area (Å²) < 4.78 is 15.7. The summed E-state index contributed by atoms with van der Waals surface area (Å²) in [6.07, 6.45) is -0.876. The smallest absolute Gasteiger partial charge is 0.311 e. The molecule has 0 aliphatic carbocycles. The van der Waals surface area contributed by atoms with Crippen LogP contribution in [0.5, 0.6) is 11.5 Å². The van der Waals surface area contributed by atoms with Crippen molar-refractivity contribution in [2.75, 3.05) is 13.2 Å². The van der Waals surface area contributed by atoms with E-state index >= 15 is 0 Å². The molecular weight excluding hydrogens is 250 g/mol. The second-order valence-electron chi connectivity index (χ2n) is 4.19. The minimum Gasteiger partial charge on any atom is -0.486 e. The van der Waals surface area contributed by atoms with Crippen LogP contribution in [0.2, 0.25) is 0 Å². The molecule has 0 aromatic heterocycles. The second-order valence-corrected chi connectivity index (χ2v) is 4.19. The maximum atomic E-state index is 11.6. The van der Waals surface area contributed by atoms with Crippen LogP contribution in [0.3, 0.4) is 0 Å². The van der Waals surface area contributed by atoms with Gasteiger partial charge in [0.1, 0.15) is 13.2 Å². The molecule has 102 valence electrons. The van der Waals surface area contributed by atoms with Crippen molar-refractivity contribution >= 4 is 11.9 Å². The predicted octanol–water partition coefficient (Wildman–Crippen LogP) is 0.417. The molecule has 1 aliphatic heterocycles. The van der Waals surface area contributed by atoms with Crippen LogP contribution in [0.15, 0.2) is 18.2 Å². The number of benzene rings is 1. The lowest BCUT2D eigenvalue weighted by Gasteiger charge is -2.18. The van der Waals surface area contributed by atoms with Gasteiger partial charge in [-0.1, -0.05) is 6.07 Å². The molecule has 0 radical (unpaired) electrons. The molecular formula is C13H15NO5. The third-order valence-corrected chi connectivity index (χ3v) is 2.66. The number of primary amides is 1. The second kappa shape index (κ2) is 5.60. The molecule has 0 bridgehead atoms. The van der Waals surface area contributed by atoms with Gasteiger partial charge >= 0.3 is 5.97 Å². The van der Waals surface area contributed by atoms with Crippen molar-refractivity contribution < 1.29 is 23.8 Å². The zero-order chi connectivity index (χ0) is 13.8. The van der Waals surface area contributed by atoms with Gasteiger partial charge in [0.15, 0.2) is 17.6 Å². The van der Waals surface area contributed by atoms with E-state index in [2.05, 4.69) is 0 Å². The first-order valence-corrected chi connectivity index (χ1v) is 5.93. The monoisotopic (exact) mass is 265 g/mol. The Labute approximate surface area is 110 Å². The van der Waals surface area contributed by atoms with E-state index in [1.165, 1.54) is 6.92 Å². The number of nitrogens with two attached hydrogens (primary N) is 1. The van der Waals surface area contributed by atoms with E-state index in [-0.39, 0.29) is 6.42 Å². The molecule has 1 unspecified atom stereocenters. The highest BCUT2D eigenvalue weighted by Gasteiger charge is 2.17. The summed E-state index contributed by atoms with van der Waals surface area (Å²) in [6.45, 7) is 2.44. The number of carbonyl (C=O) groups excluding carboxylic acids is 2. The molecule has 2 N–H and O–H groups in total. The van der Waals surface area contributed by atoms with Crippen LogP contribution < -0.4 is 15.2 Å². The van der Waals surface area contributed by atoms with E-state index in [0.29, 0.717) is 24.7 Å². The summed E-state index contributed by atoms with van der Waals surface area (Å²) in [7, 11) is 0. The SMILES string of the molecule is CC(OC(=O)Cc1ccc2c(c1)OCCO2)C(N)=O. The molecule has 6 nitrogen and oxygen atoms in total. The number of ether oxygens (including phenoxy) is 3. The molecule has 2 rings (SSSR count). The first-order valence-electron chi connectivity index (χ1n) is 5.93. The summed E-state index contributed by atoms with van der Waals surface area (Å²) in [5, 5.41) is 0. The first-order chi connectivity index (χ1) is 9.06. The summed E-state index contributed by atoms with van der Waals surface area (Å²) in [6, 6.07) is 5.23. The molecule has 19 heavy (non-hydrogen) atoms. The summed E-state index contributed by atoms with van der Waals surface area (Å²) in [5.41, 5.74) is 5.74. The molecule has 1 aromatic rings. The average molecular weight is 265 g/mol. The lowest BCUT2D eigenvalue weighted by atomic mass is 10.1. The highest BCUT2D eigenvalue weighted by molar-refractivity contribution is 5.82. The van der Waals surface area contributed by atoms with E-state index in [9.17, 15) is 9.59 Å². The van der Waals surface area contributed by atoms with Crippen LogP contribution >= 0.6 is 0 Å². The fraction of sp³-hybridized carbons (Fsp3) is 0.385. The molecule has 0 spiro atoms. The molecule has 0 fully saturated rings. The van der Waals surface area contributed by atoms with Crippen LogP contribution in [-0.4, -0.2) is 31.2 Å². The largest absolute Gasteiger partial charge is 0.486 e. The fourth-order valence-electron chi connectivity index (χ4n) is 1.66. The van der Waals surface area contributed by atoms with Gasteiger partial charge < -0.3 is 19.9 Å².